The molecular weight excluding hydrogens is 340 g/mol. The number of aryl methyl sites for hydroxylation is 1. The van der Waals surface area contributed by atoms with Crippen molar-refractivity contribution in [2.45, 2.75) is 64.5 Å². The third-order valence-corrected chi connectivity index (χ3v) is 6.64. The van der Waals surface area contributed by atoms with Gasteiger partial charge in [0.1, 0.15) is 0 Å². The Morgan fingerprint density at radius 1 is 1.11 bits per heavy atom. The van der Waals surface area contributed by atoms with Gasteiger partial charge < -0.3 is 9.42 Å². The highest BCUT2D eigenvalue weighted by Crippen LogP contribution is 2.26. The summed E-state index contributed by atoms with van der Waals surface area (Å²) in [6.45, 7) is 9.29. The maximum Gasteiger partial charge on any atom is 0.226 e. The van der Waals surface area contributed by atoms with Gasteiger partial charge in [0.15, 0.2) is 5.76 Å². The van der Waals surface area contributed by atoms with Gasteiger partial charge in [-0.3, -0.25) is 14.6 Å². The van der Waals surface area contributed by atoms with Crippen LogP contribution in [0, 0.1) is 5.92 Å². The normalized spacial score (nSPS) is 26.0. The number of aromatic nitrogens is 1. The molecule has 4 heterocycles. The van der Waals surface area contributed by atoms with E-state index in [1.54, 1.807) is 0 Å². The molecule has 27 heavy (non-hydrogen) atoms. The fourth-order valence-corrected chi connectivity index (χ4v) is 5.00. The minimum absolute atomic E-state index is 0.233. The number of likely N-dealkylation sites (tertiary alicyclic amines) is 3. The summed E-state index contributed by atoms with van der Waals surface area (Å²) in [4.78, 5) is 20.0. The van der Waals surface area contributed by atoms with E-state index in [0.717, 1.165) is 70.1 Å². The molecule has 0 aliphatic carbocycles. The van der Waals surface area contributed by atoms with Gasteiger partial charge in [-0.15, -0.1) is 0 Å². The first-order valence-corrected chi connectivity index (χ1v) is 10.9. The van der Waals surface area contributed by atoms with E-state index in [1.165, 1.54) is 32.1 Å². The molecule has 3 saturated heterocycles. The zero-order chi connectivity index (χ0) is 18.6. The van der Waals surface area contributed by atoms with E-state index in [9.17, 15) is 4.79 Å². The van der Waals surface area contributed by atoms with Gasteiger partial charge in [0, 0.05) is 44.8 Å². The first-order valence-electron chi connectivity index (χ1n) is 10.9. The standard InChI is InChI=1S/C21H34N4O2/c1-2-18-14-20(27-22-18)16-23-12-7-19(8-13-23)25-11-5-6-17(15-25)21(26)24-9-3-4-10-24/h14,17,19H,2-13,15-16H2,1H3/t17-/m0/s1. The first kappa shape index (κ1) is 18.9. The van der Waals surface area contributed by atoms with Gasteiger partial charge >= 0.3 is 0 Å². The fourth-order valence-electron chi connectivity index (χ4n) is 5.00. The largest absolute Gasteiger partial charge is 0.360 e. The molecular formula is C21H34N4O2. The molecule has 3 fully saturated rings. The smallest absolute Gasteiger partial charge is 0.226 e. The Kier molecular flexibility index (Phi) is 6.13. The number of hydrogen-bond donors (Lipinski definition) is 0. The lowest BCUT2D eigenvalue weighted by molar-refractivity contribution is -0.136. The Labute approximate surface area is 162 Å². The van der Waals surface area contributed by atoms with Crippen molar-refractivity contribution in [2.24, 2.45) is 5.92 Å². The second-order valence-electron chi connectivity index (χ2n) is 8.51. The lowest BCUT2D eigenvalue weighted by Crippen LogP contribution is -2.50. The zero-order valence-corrected chi connectivity index (χ0v) is 16.7. The quantitative estimate of drug-likeness (QED) is 0.793. The predicted octanol–water partition coefficient (Wildman–Crippen LogP) is 2.54. The fraction of sp³-hybridized carbons (Fsp3) is 0.810. The molecule has 0 radical (unpaired) electrons. The number of hydrogen-bond acceptors (Lipinski definition) is 5. The van der Waals surface area contributed by atoms with Crippen LogP contribution in [0.5, 0.6) is 0 Å². The molecule has 3 aliphatic heterocycles. The van der Waals surface area contributed by atoms with Crippen LogP contribution >= 0.6 is 0 Å². The van der Waals surface area contributed by atoms with Gasteiger partial charge in [0.05, 0.1) is 18.2 Å². The highest BCUT2D eigenvalue weighted by atomic mass is 16.5. The van der Waals surface area contributed by atoms with E-state index in [1.807, 2.05) is 0 Å². The van der Waals surface area contributed by atoms with E-state index < -0.39 is 0 Å². The Morgan fingerprint density at radius 3 is 2.59 bits per heavy atom. The van der Waals surface area contributed by atoms with E-state index in [-0.39, 0.29) is 5.92 Å². The van der Waals surface area contributed by atoms with Gasteiger partial charge in [-0.25, -0.2) is 0 Å². The maximum absolute atomic E-state index is 12.8. The van der Waals surface area contributed by atoms with Crippen LogP contribution in [0.2, 0.25) is 0 Å². The monoisotopic (exact) mass is 374 g/mol. The van der Waals surface area contributed by atoms with Gasteiger partial charge in [0.2, 0.25) is 5.91 Å². The van der Waals surface area contributed by atoms with Crippen molar-refractivity contribution < 1.29 is 9.32 Å². The van der Waals surface area contributed by atoms with Crippen molar-refractivity contribution in [3.8, 4) is 0 Å². The Morgan fingerprint density at radius 2 is 1.89 bits per heavy atom. The minimum Gasteiger partial charge on any atom is -0.360 e. The molecule has 1 atom stereocenters. The van der Waals surface area contributed by atoms with E-state index in [2.05, 4.69) is 32.8 Å². The molecule has 0 bridgehead atoms. The first-order chi connectivity index (χ1) is 13.2. The summed E-state index contributed by atoms with van der Waals surface area (Å²) in [5, 5.41) is 4.10. The van der Waals surface area contributed by atoms with Crippen LogP contribution in [-0.2, 0) is 17.8 Å². The number of carbonyl (C=O) groups excluding carboxylic acids is 1. The molecule has 150 valence electrons. The summed E-state index contributed by atoms with van der Waals surface area (Å²) in [5.41, 5.74) is 1.04. The molecule has 0 saturated carbocycles. The highest BCUT2D eigenvalue weighted by molar-refractivity contribution is 5.79. The molecule has 1 amide bonds. The van der Waals surface area contributed by atoms with Crippen LogP contribution in [0.3, 0.4) is 0 Å². The van der Waals surface area contributed by atoms with Crippen LogP contribution < -0.4 is 0 Å². The average molecular weight is 375 g/mol. The van der Waals surface area contributed by atoms with Crippen molar-refractivity contribution in [1.82, 2.24) is 19.9 Å². The highest BCUT2D eigenvalue weighted by Gasteiger charge is 2.34. The summed E-state index contributed by atoms with van der Waals surface area (Å²) in [7, 11) is 0. The molecule has 1 aromatic rings. The molecule has 1 aromatic heterocycles. The maximum atomic E-state index is 12.8. The molecule has 3 aliphatic rings. The second kappa shape index (κ2) is 8.74. The molecule has 4 rings (SSSR count). The van der Waals surface area contributed by atoms with E-state index >= 15 is 0 Å². The van der Waals surface area contributed by atoms with Crippen LogP contribution in [0.15, 0.2) is 10.6 Å². The Balaban J connectivity index is 1.25. The lowest BCUT2D eigenvalue weighted by Gasteiger charge is -2.42. The molecule has 0 spiro atoms. The summed E-state index contributed by atoms with van der Waals surface area (Å²) in [5.74, 6) is 1.64. The molecule has 6 heteroatoms. The van der Waals surface area contributed by atoms with Crippen molar-refractivity contribution in [3.63, 3.8) is 0 Å². The third-order valence-electron chi connectivity index (χ3n) is 6.64. The van der Waals surface area contributed by atoms with Gasteiger partial charge in [-0.2, -0.15) is 0 Å². The number of amides is 1. The predicted molar refractivity (Wildman–Crippen MR) is 104 cm³/mol. The summed E-state index contributed by atoms with van der Waals surface area (Å²) >= 11 is 0. The van der Waals surface area contributed by atoms with Crippen LogP contribution in [0.1, 0.15) is 56.9 Å². The Bertz CT molecular complexity index is 617. The molecule has 0 aromatic carbocycles. The average Bonchev–Trinajstić information content (AvgIpc) is 3.40. The number of nitrogens with zero attached hydrogens (tertiary/aromatic N) is 4. The molecule has 6 nitrogen and oxygen atoms in total. The SMILES string of the molecule is CCc1cc(CN2CCC(N3CCC[C@H](C(=O)N4CCCC4)C3)CC2)on1. The van der Waals surface area contributed by atoms with Crippen LogP contribution in [0.25, 0.3) is 0 Å². The molecule has 0 unspecified atom stereocenters. The second-order valence-corrected chi connectivity index (χ2v) is 8.51. The van der Waals surface area contributed by atoms with Crippen LogP contribution in [-0.4, -0.2) is 71.1 Å². The van der Waals surface area contributed by atoms with Crippen molar-refractivity contribution in [1.29, 1.82) is 0 Å². The summed E-state index contributed by atoms with van der Waals surface area (Å²) in [6.07, 6.45) is 7.94. The summed E-state index contributed by atoms with van der Waals surface area (Å²) < 4.78 is 5.45. The van der Waals surface area contributed by atoms with E-state index in [0.29, 0.717) is 11.9 Å². The number of piperidine rings is 2. The van der Waals surface area contributed by atoms with Gasteiger partial charge in [-0.05, 0) is 51.5 Å². The number of rotatable bonds is 5. The lowest BCUT2D eigenvalue weighted by atomic mass is 9.93. The van der Waals surface area contributed by atoms with Crippen LogP contribution in [0.4, 0.5) is 0 Å². The van der Waals surface area contributed by atoms with Gasteiger partial charge in [-0.1, -0.05) is 12.1 Å². The van der Waals surface area contributed by atoms with E-state index in [4.69, 9.17) is 4.52 Å². The Hall–Kier alpha value is -1.40. The summed E-state index contributed by atoms with van der Waals surface area (Å²) in [6, 6.07) is 2.72. The van der Waals surface area contributed by atoms with Crippen molar-refractivity contribution >= 4 is 5.91 Å². The molecule has 0 N–H and O–H groups in total. The van der Waals surface area contributed by atoms with Crippen molar-refractivity contribution in [3.05, 3.63) is 17.5 Å². The third kappa shape index (κ3) is 4.54. The minimum atomic E-state index is 0.233. The topological polar surface area (TPSA) is 52.8 Å². The van der Waals surface area contributed by atoms with Crippen molar-refractivity contribution in [2.75, 3.05) is 39.3 Å². The number of carbonyl (C=O) groups is 1. The van der Waals surface area contributed by atoms with Gasteiger partial charge in [0.25, 0.3) is 0 Å². The zero-order valence-electron chi connectivity index (χ0n) is 16.7.